The number of hydrogen-bond donors (Lipinski definition) is 0. The Balaban J connectivity index is 2.14. The lowest BCUT2D eigenvalue weighted by atomic mass is 10.2. The van der Waals surface area contributed by atoms with Gasteiger partial charge in [0.25, 0.3) is 5.56 Å². The van der Waals surface area contributed by atoms with Crippen molar-refractivity contribution in [2.24, 2.45) is 0 Å². The molecule has 3 rings (SSSR count). The van der Waals surface area contributed by atoms with E-state index in [-0.39, 0.29) is 11.4 Å². The van der Waals surface area contributed by atoms with Crippen LogP contribution in [-0.2, 0) is 6.54 Å². The van der Waals surface area contributed by atoms with Gasteiger partial charge in [0.15, 0.2) is 0 Å². The molecule has 2 heterocycles. The van der Waals surface area contributed by atoms with Gasteiger partial charge in [-0.15, -0.1) is 11.3 Å². The van der Waals surface area contributed by atoms with Gasteiger partial charge >= 0.3 is 0 Å². The zero-order chi connectivity index (χ0) is 14.3. The van der Waals surface area contributed by atoms with E-state index in [1.165, 1.54) is 23.5 Å². The van der Waals surface area contributed by atoms with Crippen molar-refractivity contribution in [1.82, 2.24) is 9.55 Å². The van der Waals surface area contributed by atoms with Crippen molar-refractivity contribution in [1.29, 1.82) is 0 Å². The van der Waals surface area contributed by atoms with Gasteiger partial charge in [-0.25, -0.2) is 9.37 Å². The van der Waals surface area contributed by atoms with Crippen LogP contribution in [0.5, 0.6) is 0 Å². The van der Waals surface area contributed by atoms with Gasteiger partial charge < -0.3 is 0 Å². The molecular formula is C15H13FN2OS. The Morgan fingerprint density at radius 2 is 2.10 bits per heavy atom. The fraction of sp³-hybridized carbons (Fsp3) is 0.200. The normalized spacial score (nSPS) is 11.2. The molecule has 0 N–H and O–H groups in total. The summed E-state index contributed by atoms with van der Waals surface area (Å²) >= 11 is 1.51. The lowest BCUT2D eigenvalue weighted by Gasteiger charge is -2.09. The van der Waals surface area contributed by atoms with E-state index in [0.717, 1.165) is 15.3 Å². The second-order valence-corrected chi connectivity index (χ2v) is 5.99. The molecule has 0 fully saturated rings. The predicted molar refractivity (Wildman–Crippen MR) is 78.9 cm³/mol. The summed E-state index contributed by atoms with van der Waals surface area (Å²) in [6.45, 7) is 4.09. The van der Waals surface area contributed by atoms with Gasteiger partial charge in [-0.05, 0) is 37.6 Å². The van der Waals surface area contributed by atoms with Gasteiger partial charge in [0.1, 0.15) is 16.5 Å². The molecule has 102 valence electrons. The summed E-state index contributed by atoms with van der Waals surface area (Å²) in [6, 6.07) is 8.14. The van der Waals surface area contributed by atoms with E-state index in [1.807, 2.05) is 13.0 Å². The van der Waals surface area contributed by atoms with Crippen molar-refractivity contribution >= 4 is 21.6 Å². The van der Waals surface area contributed by atoms with E-state index in [9.17, 15) is 9.18 Å². The first kappa shape index (κ1) is 13.0. The summed E-state index contributed by atoms with van der Waals surface area (Å²) in [6.07, 6.45) is 0. The zero-order valence-electron chi connectivity index (χ0n) is 11.2. The van der Waals surface area contributed by atoms with Crippen LogP contribution in [0.25, 0.3) is 10.2 Å². The van der Waals surface area contributed by atoms with Crippen LogP contribution < -0.4 is 5.56 Å². The third kappa shape index (κ3) is 2.25. The number of rotatable bonds is 2. The number of fused-ring (bicyclic) bond motifs is 1. The van der Waals surface area contributed by atoms with Crippen LogP contribution in [-0.4, -0.2) is 9.55 Å². The summed E-state index contributed by atoms with van der Waals surface area (Å²) in [7, 11) is 0. The van der Waals surface area contributed by atoms with Crippen LogP contribution >= 0.6 is 11.3 Å². The summed E-state index contributed by atoms with van der Waals surface area (Å²) in [5.41, 5.74) is 0.685. The van der Waals surface area contributed by atoms with E-state index in [2.05, 4.69) is 4.98 Å². The highest BCUT2D eigenvalue weighted by Gasteiger charge is 2.11. The lowest BCUT2D eigenvalue weighted by molar-refractivity contribution is 0.621. The Morgan fingerprint density at radius 1 is 1.30 bits per heavy atom. The molecule has 3 nitrogen and oxygen atoms in total. The molecule has 0 bridgehead atoms. The van der Waals surface area contributed by atoms with E-state index >= 15 is 0 Å². The minimum Gasteiger partial charge on any atom is -0.292 e. The highest BCUT2D eigenvalue weighted by Crippen LogP contribution is 2.20. The maximum atomic E-state index is 13.2. The van der Waals surface area contributed by atoms with Crippen molar-refractivity contribution in [3.8, 4) is 0 Å². The Bertz CT molecular complexity index is 851. The molecule has 2 aromatic heterocycles. The molecule has 0 saturated carbocycles. The molecule has 1 aromatic carbocycles. The van der Waals surface area contributed by atoms with E-state index in [0.29, 0.717) is 17.8 Å². The second-order valence-electron chi connectivity index (χ2n) is 4.76. The smallest absolute Gasteiger partial charge is 0.262 e. The first-order chi connectivity index (χ1) is 9.54. The Hall–Kier alpha value is -2.01. The largest absolute Gasteiger partial charge is 0.292 e. The number of aryl methyl sites for hydroxylation is 2. The fourth-order valence-electron chi connectivity index (χ4n) is 2.24. The van der Waals surface area contributed by atoms with Crippen LogP contribution in [0.3, 0.4) is 0 Å². The molecule has 0 saturated heterocycles. The van der Waals surface area contributed by atoms with Crippen molar-refractivity contribution in [3.63, 3.8) is 0 Å². The molecule has 0 unspecified atom stereocenters. The van der Waals surface area contributed by atoms with Gasteiger partial charge in [-0.1, -0.05) is 12.1 Å². The van der Waals surface area contributed by atoms with E-state index in [1.54, 1.807) is 23.6 Å². The highest BCUT2D eigenvalue weighted by atomic mass is 32.1. The summed E-state index contributed by atoms with van der Waals surface area (Å²) in [4.78, 5) is 18.8. The van der Waals surface area contributed by atoms with Crippen molar-refractivity contribution in [3.05, 3.63) is 62.8 Å². The molecular weight excluding hydrogens is 275 g/mol. The standard InChI is InChI=1S/C15H13FN2OS/c1-9-6-13-14(20-9)17-10(2)18(15(13)19)8-11-4-3-5-12(16)7-11/h3-7H,8H2,1-2H3. The summed E-state index contributed by atoms with van der Waals surface area (Å²) < 4.78 is 14.8. The molecule has 0 aliphatic rings. The molecule has 0 radical (unpaired) electrons. The maximum Gasteiger partial charge on any atom is 0.262 e. The number of nitrogens with zero attached hydrogens (tertiary/aromatic N) is 2. The van der Waals surface area contributed by atoms with Crippen molar-refractivity contribution in [2.45, 2.75) is 20.4 Å². The average Bonchev–Trinajstić information content (AvgIpc) is 2.75. The Morgan fingerprint density at radius 3 is 2.85 bits per heavy atom. The number of aromatic nitrogens is 2. The minimum absolute atomic E-state index is 0.0684. The molecule has 0 spiro atoms. The van der Waals surface area contributed by atoms with Crippen LogP contribution in [0.15, 0.2) is 35.1 Å². The number of hydrogen-bond acceptors (Lipinski definition) is 3. The summed E-state index contributed by atoms with van der Waals surface area (Å²) in [5, 5.41) is 0.634. The number of benzene rings is 1. The minimum atomic E-state index is -0.298. The first-order valence-electron chi connectivity index (χ1n) is 6.26. The molecule has 20 heavy (non-hydrogen) atoms. The Kier molecular flexibility index (Phi) is 3.14. The second kappa shape index (κ2) is 4.83. The third-order valence-corrected chi connectivity index (χ3v) is 4.14. The molecule has 5 heteroatoms. The van der Waals surface area contributed by atoms with Gasteiger partial charge in [0.05, 0.1) is 11.9 Å². The number of halogens is 1. The van der Waals surface area contributed by atoms with Gasteiger partial charge in [-0.3, -0.25) is 9.36 Å². The molecule has 3 aromatic rings. The Labute approximate surface area is 119 Å². The topological polar surface area (TPSA) is 34.9 Å². The van der Waals surface area contributed by atoms with Gasteiger partial charge in [0.2, 0.25) is 0 Å². The van der Waals surface area contributed by atoms with Gasteiger partial charge in [-0.2, -0.15) is 0 Å². The van der Waals surface area contributed by atoms with Gasteiger partial charge in [0, 0.05) is 4.88 Å². The van der Waals surface area contributed by atoms with E-state index < -0.39 is 0 Å². The van der Waals surface area contributed by atoms with Crippen LogP contribution in [0.4, 0.5) is 4.39 Å². The lowest BCUT2D eigenvalue weighted by Crippen LogP contribution is -2.23. The highest BCUT2D eigenvalue weighted by molar-refractivity contribution is 7.18. The van der Waals surface area contributed by atoms with Crippen LogP contribution in [0.1, 0.15) is 16.3 Å². The van der Waals surface area contributed by atoms with Crippen LogP contribution in [0, 0.1) is 19.7 Å². The van der Waals surface area contributed by atoms with Crippen molar-refractivity contribution in [2.75, 3.05) is 0 Å². The zero-order valence-corrected chi connectivity index (χ0v) is 12.0. The van der Waals surface area contributed by atoms with Crippen LogP contribution in [0.2, 0.25) is 0 Å². The first-order valence-corrected chi connectivity index (χ1v) is 7.08. The van der Waals surface area contributed by atoms with Crippen molar-refractivity contribution < 1.29 is 4.39 Å². The molecule has 0 amide bonds. The number of thiophene rings is 1. The predicted octanol–water partition coefficient (Wildman–Crippen LogP) is 3.26. The average molecular weight is 288 g/mol. The quantitative estimate of drug-likeness (QED) is 0.725. The van der Waals surface area contributed by atoms with E-state index in [4.69, 9.17) is 0 Å². The molecule has 0 atom stereocenters. The SMILES string of the molecule is Cc1cc2c(=O)n(Cc3cccc(F)c3)c(C)nc2s1. The molecule has 0 aliphatic heterocycles. The fourth-order valence-corrected chi connectivity index (χ4v) is 3.16. The summed E-state index contributed by atoms with van der Waals surface area (Å²) in [5.74, 6) is 0.349. The maximum absolute atomic E-state index is 13.2. The third-order valence-electron chi connectivity index (χ3n) is 3.19. The monoisotopic (exact) mass is 288 g/mol. The molecule has 0 aliphatic carbocycles.